The first-order chi connectivity index (χ1) is 12.8. The second-order valence-corrected chi connectivity index (χ2v) is 7.92. The van der Waals surface area contributed by atoms with Crippen molar-refractivity contribution in [3.8, 4) is 5.75 Å². The molecule has 0 bridgehead atoms. The fourth-order valence-electron chi connectivity index (χ4n) is 3.86. The fourth-order valence-corrected chi connectivity index (χ4v) is 4.32. The van der Waals surface area contributed by atoms with Crippen molar-refractivity contribution in [1.29, 1.82) is 0 Å². The molecule has 27 heavy (non-hydrogen) atoms. The summed E-state index contributed by atoms with van der Waals surface area (Å²) < 4.78 is 55.9. The minimum absolute atomic E-state index is 0.0905. The van der Waals surface area contributed by atoms with E-state index >= 15 is 0 Å². The molecular formula is C19H23BrF4N2O. The van der Waals surface area contributed by atoms with Crippen LogP contribution in [-0.2, 0) is 0 Å². The monoisotopic (exact) mass is 450 g/mol. The van der Waals surface area contributed by atoms with E-state index in [4.69, 9.17) is 0 Å². The number of alkyl halides is 4. The summed E-state index contributed by atoms with van der Waals surface area (Å²) in [5, 5.41) is 3.01. The quantitative estimate of drug-likeness (QED) is 0.584. The maximum atomic E-state index is 12.7. The van der Waals surface area contributed by atoms with Gasteiger partial charge in [0.05, 0.1) is 10.5 Å². The van der Waals surface area contributed by atoms with Crippen molar-refractivity contribution in [2.75, 3.05) is 11.4 Å². The van der Waals surface area contributed by atoms with Crippen LogP contribution in [0.15, 0.2) is 22.7 Å². The Hall–Kier alpha value is -1.28. The van der Waals surface area contributed by atoms with E-state index < -0.39 is 19.1 Å². The average molecular weight is 451 g/mol. The Morgan fingerprint density at radius 1 is 1.15 bits per heavy atom. The number of benzene rings is 1. The van der Waals surface area contributed by atoms with E-state index in [0.717, 1.165) is 36.9 Å². The van der Waals surface area contributed by atoms with Gasteiger partial charge in [0.15, 0.2) is 0 Å². The number of hydrogen-bond donors (Lipinski definition) is 1. The lowest BCUT2D eigenvalue weighted by atomic mass is 9.88. The Morgan fingerprint density at radius 2 is 1.85 bits per heavy atom. The van der Waals surface area contributed by atoms with Crippen LogP contribution in [0, 0.1) is 0 Å². The van der Waals surface area contributed by atoms with Gasteiger partial charge in [-0.15, -0.1) is 0 Å². The van der Waals surface area contributed by atoms with E-state index in [-0.39, 0.29) is 17.8 Å². The standard InChI is InChI=1S/C19H23BrF4N2O/c1-11(18(21)22)25-13-4-6-14(7-5-13)26-8-2-3-12-9-15(20)17(10-16(12)26)27-19(23)24/h2-3,9-11,13-14,18-19,25H,4-8H2,1H3. The van der Waals surface area contributed by atoms with Gasteiger partial charge in [0.2, 0.25) is 0 Å². The summed E-state index contributed by atoms with van der Waals surface area (Å²) in [6, 6.07) is 2.96. The molecule has 3 rings (SSSR count). The maximum Gasteiger partial charge on any atom is 0.387 e. The lowest BCUT2D eigenvalue weighted by Crippen LogP contribution is -2.46. The van der Waals surface area contributed by atoms with Crippen molar-refractivity contribution in [2.45, 2.75) is 63.8 Å². The summed E-state index contributed by atoms with van der Waals surface area (Å²) >= 11 is 3.28. The molecule has 0 aromatic heterocycles. The molecule has 0 saturated heterocycles. The fraction of sp³-hybridized carbons (Fsp3) is 0.579. The van der Waals surface area contributed by atoms with Crippen molar-refractivity contribution < 1.29 is 22.3 Å². The third-order valence-electron chi connectivity index (χ3n) is 5.22. The van der Waals surface area contributed by atoms with E-state index in [9.17, 15) is 17.6 Å². The number of ether oxygens (including phenoxy) is 1. The van der Waals surface area contributed by atoms with Gasteiger partial charge in [-0.1, -0.05) is 12.2 Å². The predicted molar refractivity (Wildman–Crippen MR) is 102 cm³/mol. The van der Waals surface area contributed by atoms with Crippen LogP contribution in [0.2, 0.25) is 0 Å². The highest BCUT2D eigenvalue weighted by Crippen LogP contribution is 2.39. The molecule has 1 aliphatic heterocycles. The highest BCUT2D eigenvalue weighted by molar-refractivity contribution is 9.10. The zero-order valence-electron chi connectivity index (χ0n) is 15.0. The first-order valence-electron chi connectivity index (χ1n) is 9.11. The Kier molecular flexibility index (Phi) is 6.68. The van der Waals surface area contributed by atoms with Crippen LogP contribution >= 0.6 is 15.9 Å². The molecule has 1 aromatic carbocycles. The molecule has 8 heteroatoms. The van der Waals surface area contributed by atoms with Crippen LogP contribution in [0.5, 0.6) is 5.75 Å². The van der Waals surface area contributed by atoms with Crippen molar-refractivity contribution in [3.05, 3.63) is 28.2 Å². The minimum atomic E-state index is -2.88. The number of fused-ring (bicyclic) bond motifs is 1. The summed E-state index contributed by atoms with van der Waals surface area (Å²) in [4.78, 5) is 2.20. The van der Waals surface area contributed by atoms with Crippen LogP contribution in [0.25, 0.3) is 6.08 Å². The third kappa shape index (κ3) is 4.96. The molecular weight excluding hydrogens is 428 g/mol. The number of hydrogen-bond acceptors (Lipinski definition) is 3. The molecule has 1 N–H and O–H groups in total. The molecule has 2 aliphatic rings. The van der Waals surface area contributed by atoms with Crippen LogP contribution in [-0.4, -0.2) is 37.7 Å². The maximum absolute atomic E-state index is 12.7. The molecule has 1 atom stereocenters. The summed E-state index contributed by atoms with van der Waals surface area (Å²) in [6.07, 6.45) is 5.01. The highest BCUT2D eigenvalue weighted by Gasteiger charge is 2.30. The molecule has 1 saturated carbocycles. The van der Waals surface area contributed by atoms with Gasteiger partial charge in [-0.2, -0.15) is 8.78 Å². The van der Waals surface area contributed by atoms with E-state index in [1.165, 1.54) is 6.92 Å². The molecule has 1 heterocycles. The Bertz CT molecular complexity index is 678. The predicted octanol–water partition coefficient (Wildman–Crippen LogP) is 5.44. The third-order valence-corrected chi connectivity index (χ3v) is 5.84. The van der Waals surface area contributed by atoms with Gasteiger partial charge >= 0.3 is 6.61 Å². The SMILES string of the molecule is CC(NC1CCC(N2CC=Cc3cc(Br)c(OC(F)F)cc32)CC1)C(F)F. The summed E-state index contributed by atoms with van der Waals surface area (Å²) in [7, 11) is 0. The largest absolute Gasteiger partial charge is 0.434 e. The van der Waals surface area contributed by atoms with Gasteiger partial charge in [-0.05, 0) is 60.2 Å². The number of nitrogens with one attached hydrogen (secondary N) is 1. The normalized spacial score (nSPS) is 23.6. The van der Waals surface area contributed by atoms with Crippen LogP contribution in [0.4, 0.5) is 23.2 Å². The molecule has 3 nitrogen and oxygen atoms in total. The van der Waals surface area contributed by atoms with Crippen molar-refractivity contribution >= 4 is 27.7 Å². The average Bonchev–Trinajstić information content (AvgIpc) is 2.62. The number of rotatable bonds is 6. The van der Waals surface area contributed by atoms with E-state index in [1.807, 2.05) is 12.2 Å². The highest BCUT2D eigenvalue weighted by atomic mass is 79.9. The summed E-state index contributed by atoms with van der Waals surface area (Å²) in [5.41, 5.74) is 1.81. The van der Waals surface area contributed by atoms with E-state index in [2.05, 4.69) is 30.9 Å². The van der Waals surface area contributed by atoms with Gasteiger partial charge in [-0.25, -0.2) is 8.78 Å². The topological polar surface area (TPSA) is 24.5 Å². The molecule has 1 unspecified atom stereocenters. The number of nitrogens with zero attached hydrogens (tertiary/aromatic N) is 1. The van der Waals surface area contributed by atoms with Gasteiger partial charge in [0.1, 0.15) is 5.75 Å². The molecule has 150 valence electrons. The summed E-state index contributed by atoms with van der Waals surface area (Å²) in [6.45, 7) is -0.686. The lowest BCUT2D eigenvalue weighted by molar-refractivity contribution is -0.0503. The van der Waals surface area contributed by atoms with Gasteiger partial charge in [-0.3, -0.25) is 0 Å². The van der Waals surface area contributed by atoms with Gasteiger partial charge < -0.3 is 15.0 Å². The molecule has 1 aliphatic carbocycles. The molecule has 1 aromatic rings. The van der Waals surface area contributed by atoms with Crippen LogP contribution < -0.4 is 15.0 Å². The Balaban J connectivity index is 1.70. The van der Waals surface area contributed by atoms with E-state index in [1.54, 1.807) is 12.1 Å². The first kappa shape index (κ1) is 20.5. The Morgan fingerprint density at radius 3 is 2.48 bits per heavy atom. The van der Waals surface area contributed by atoms with Crippen molar-refractivity contribution in [3.63, 3.8) is 0 Å². The molecule has 0 radical (unpaired) electrons. The molecule has 0 spiro atoms. The second kappa shape index (κ2) is 8.82. The van der Waals surface area contributed by atoms with Gasteiger partial charge in [0.25, 0.3) is 6.43 Å². The molecule has 1 fully saturated rings. The number of anilines is 1. The number of halogens is 5. The van der Waals surface area contributed by atoms with Gasteiger partial charge in [0, 0.05) is 30.4 Å². The zero-order chi connectivity index (χ0) is 19.6. The molecule has 0 amide bonds. The van der Waals surface area contributed by atoms with Crippen molar-refractivity contribution in [1.82, 2.24) is 5.32 Å². The lowest BCUT2D eigenvalue weighted by Gasteiger charge is -2.40. The second-order valence-electron chi connectivity index (χ2n) is 7.07. The van der Waals surface area contributed by atoms with Crippen molar-refractivity contribution in [2.24, 2.45) is 0 Å². The Labute approximate surface area is 164 Å². The van der Waals surface area contributed by atoms with E-state index in [0.29, 0.717) is 11.0 Å². The first-order valence-corrected chi connectivity index (χ1v) is 9.90. The van der Waals surface area contributed by atoms with Crippen LogP contribution in [0.1, 0.15) is 38.2 Å². The minimum Gasteiger partial charge on any atom is -0.434 e. The zero-order valence-corrected chi connectivity index (χ0v) is 16.6. The smallest absolute Gasteiger partial charge is 0.387 e. The summed E-state index contributed by atoms with van der Waals surface area (Å²) in [5.74, 6) is 0.116. The van der Waals surface area contributed by atoms with Crippen LogP contribution in [0.3, 0.4) is 0 Å².